The first-order valence-corrected chi connectivity index (χ1v) is 7.80. The predicted octanol–water partition coefficient (Wildman–Crippen LogP) is 3.01. The number of nitrogens with one attached hydrogen (secondary N) is 2. The van der Waals surface area contributed by atoms with Crippen LogP contribution in [-0.4, -0.2) is 22.5 Å². The monoisotopic (exact) mass is 326 g/mol. The van der Waals surface area contributed by atoms with E-state index in [1.54, 1.807) is 6.07 Å². The van der Waals surface area contributed by atoms with Crippen LogP contribution < -0.4 is 5.32 Å². The molecule has 0 radical (unpaired) electrons. The minimum atomic E-state index is -0.936. The molecule has 0 spiro atoms. The molecule has 1 amide bonds. The van der Waals surface area contributed by atoms with Gasteiger partial charge in [0.1, 0.15) is 5.82 Å². The Morgan fingerprint density at radius 3 is 2.88 bits per heavy atom. The van der Waals surface area contributed by atoms with Crippen LogP contribution in [0.5, 0.6) is 0 Å². The molecule has 3 rings (SSSR count). The van der Waals surface area contributed by atoms with Crippen molar-refractivity contribution in [3.63, 3.8) is 0 Å². The van der Waals surface area contributed by atoms with Gasteiger partial charge in [0.15, 0.2) is 0 Å². The maximum Gasteiger partial charge on any atom is 0.224 e. The first kappa shape index (κ1) is 16.2. The number of aliphatic hydroxyl groups excluding tert-OH is 1. The highest BCUT2D eigenvalue weighted by Gasteiger charge is 2.13. The standard InChI is InChI=1S/C19H19FN2O2/c1-12-4-2-7-16-19(12)14(10-21-16)9-18(24)22-11-17(23)13-5-3-6-15(20)8-13/h2-8,10,17,21,23H,9,11H2,1H3,(H,22,24)/t17-/m0/s1. The number of fused-ring (bicyclic) bond motifs is 1. The Balaban J connectivity index is 1.63. The molecule has 0 aliphatic carbocycles. The van der Waals surface area contributed by atoms with Crippen LogP contribution in [0.3, 0.4) is 0 Å². The SMILES string of the molecule is Cc1cccc2[nH]cc(CC(=O)NC[C@H](O)c3cccc(F)c3)c12. The van der Waals surface area contributed by atoms with Gasteiger partial charge in [-0.1, -0.05) is 24.3 Å². The average molecular weight is 326 g/mol. The van der Waals surface area contributed by atoms with Crippen molar-refractivity contribution in [1.82, 2.24) is 10.3 Å². The first-order chi connectivity index (χ1) is 11.5. The van der Waals surface area contributed by atoms with Crippen LogP contribution in [0.15, 0.2) is 48.7 Å². The van der Waals surface area contributed by atoms with Gasteiger partial charge in [0.2, 0.25) is 5.91 Å². The Bertz CT molecular complexity index is 873. The van der Waals surface area contributed by atoms with Crippen LogP contribution in [-0.2, 0) is 11.2 Å². The van der Waals surface area contributed by atoms with Crippen LogP contribution in [0.1, 0.15) is 22.8 Å². The molecule has 3 aromatic rings. The number of aromatic nitrogens is 1. The lowest BCUT2D eigenvalue weighted by Gasteiger charge is -2.12. The van der Waals surface area contributed by atoms with Crippen LogP contribution >= 0.6 is 0 Å². The van der Waals surface area contributed by atoms with Gasteiger partial charge < -0.3 is 15.4 Å². The topological polar surface area (TPSA) is 65.1 Å². The van der Waals surface area contributed by atoms with E-state index in [-0.39, 0.29) is 18.9 Å². The number of benzene rings is 2. The van der Waals surface area contributed by atoms with Crippen molar-refractivity contribution in [1.29, 1.82) is 0 Å². The molecular formula is C19H19FN2O2. The predicted molar refractivity (Wildman–Crippen MR) is 91.1 cm³/mol. The summed E-state index contributed by atoms with van der Waals surface area (Å²) in [6.07, 6.45) is 1.12. The third-order valence-electron chi connectivity index (χ3n) is 4.07. The molecule has 1 atom stereocenters. The summed E-state index contributed by atoms with van der Waals surface area (Å²) >= 11 is 0. The quantitative estimate of drug-likeness (QED) is 0.675. The Morgan fingerprint density at radius 2 is 2.08 bits per heavy atom. The van der Waals surface area contributed by atoms with E-state index >= 15 is 0 Å². The molecule has 5 heteroatoms. The molecule has 24 heavy (non-hydrogen) atoms. The second kappa shape index (κ2) is 6.84. The molecule has 1 aromatic heterocycles. The minimum absolute atomic E-state index is 0.0453. The molecule has 0 aliphatic heterocycles. The normalized spacial score (nSPS) is 12.3. The number of aromatic amines is 1. The largest absolute Gasteiger partial charge is 0.387 e. The van der Waals surface area contributed by atoms with Crippen molar-refractivity contribution in [3.8, 4) is 0 Å². The van der Waals surface area contributed by atoms with Crippen LogP contribution in [0, 0.1) is 12.7 Å². The Hall–Kier alpha value is -2.66. The lowest BCUT2D eigenvalue weighted by Crippen LogP contribution is -2.29. The van der Waals surface area contributed by atoms with Gasteiger partial charge in [0.25, 0.3) is 0 Å². The molecule has 0 bridgehead atoms. The third-order valence-corrected chi connectivity index (χ3v) is 4.07. The van der Waals surface area contributed by atoms with E-state index in [0.717, 1.165) is 22.0 Å². The number of amides is 1. The van der Waals surface area contributed by atoms with E-state index in [9.17, 15) is 14.3 Å². The molecule has 0 fully saturated rings. The molecular weight excluding hydrogens is 307 g/mol. The zero-order valence-corrected chi connectivity index (χ0v) is 13.3. The van der Waals surface area contributed by atoms with Crippen molar-refractivity contribution >= 4 is 16.8 Å². The van der Waals surface area contributed by atoms with Gasteiger partial charge in [0.05, 0.1) is 12.5 Å². The van der Waals surface area contributed by atoms with Gasteiger partial charge in [-0.15, -0.1) is 0 Å². The molecule has 0 saturated carbocycles. The third kappa shape index (κ3) is 3.46. The molecule has 2 aromatic carbocycles. The summed E-state index contributed by atoms with van der Waals surface area (Å²) in [6.45, 7) is 2.05. The first-order valence-electron chi connectivity index (χ1n) is 7.80. The van der Waals surface area contributed by atoms with E-state index < -0.39 is 11.9 Å². The number of carbonyl (C=O) groups is 1. The van der Waals surface area contributed by atoms with Gasteiger partial charge >= 0.3 is 0 Å². The van der Waals surface area contributed by atoms with Gasteiger partial charge in [-0.05, 0) is 41.8 Å². The molecule has 0 unspecified atom stereocenters. The van der Waals surface area contributed by atoms with Crippen molar-refractivity contribution in [2.45, 2.75) is 19.4 Å². The summed E-state index contributed by atoms with van der Waals surface area (Å²) < 4.78 is 13.2. The van der Waals surface area contributed by atoms with E-state index in [1.807, 2.05) is 31.3 Å². The summed E-state index contributed by atoms with van der Waals surface area (Å²) in [7, 11) is 0. The molecule has 4 nitrogen and oxygen atoms in total. The fourth-order valence-electron chi connectivity index (χ4n) is 2.87. The Morgan fingerprint density at radius 1 is 1.29 bits per heavy atom. The van der Waals surface area contributed by atoms with Gasteiger partial charge in [-0.3, -0.25) is 4.79 Å². The summed E-state index contributed by atoms with van der Waals surface area (Å²) in [5, 5.41) is 13.8. The van der Waals surface area contributed by atoms with E-state index in [1.165, 1.54) is 18.2 Å². The molecule has 3 N–H and O–H groups in total. The van der Waals surface area contributed by atoms with Crippen molar-refractivity contribution in [2.24, 2.45) is 0 Å². The van der Waals surface area contributed by atoms with Gasteiger partial charge in [-0.2, -0.15) is 0 Å². The summed E-state index contributed by atoms with van der Waals surface area (Å²) in [6, 6.07) is 11.7. The second-order valence-electron chi connectivity index (χ2n) is 5.86. The average Bonchev–Trinajstić information content (AvgIpc) is 2.97. The number of H-pyrrole nitrogens is 1. The number of hydrogen-bond acceptors (Lipinski definition) is 2. The van der Waals surface area contributed by atoms with E-state index in [0.29, 0.717) is 5.56 Å². The van der Waals surface area contributed by atoms with Crippen molar-refractivity contribution in [2.75, 3.05) is 6.54 Å². The molecule has 0 saturated heterocycles. The summed E-state index contributed by atoms with van der Waals surface area (Å²) in [5.41, 5.74) is 3.47. The number of rotatable bonds is 5. The number of aryl methyl sites for hydroxylation is 1. The van der Waals surface area contributed by atoms with E-state index in [2.05, 4.69) is 10.3 Å². The van der Waals surface area contributed by atoms with Crippen molar-refractivity contribution < 1.29 is 14.3 Å². The minimum Gasteiger partial charge on any atom is -0.387 e. The number of halogens is 1. The fraction of sp³-hybridized carbons (Fsp3) is 0.211. The van der Waals surface area contributed by atoms with E-state index in [4.69, 9.17) is 0 Å². The van der Waals surface area contributed by atoms with Crippen LogP contribution in [0.2, 0.25) is 0 Å². The van der Waals surface area contributed by atoms with Gasteiger partial charge in [-0.25, -0.2) is 4.39 Å². The summed E-state index contributed by atoms with van der Waals surface area (Å²) in [4.78, 5) is 15.3. The highest BCUT2D eigenvalue weighted by molar-refractivity contribution is 5.91. The molecule has 1 heterocycles. The highest BCUT2D eigenvalue weighted by atomic mass is 19.1. The van der Waals surface area contributed by atoms with Gasteiger partial charge in [0, 0.05) is 23.6 Å². The molecule has 0 aliphatic rings. The maximum atomic E-state index is 13.2. The zero-order valence-electron chi connectivity index (χ0n) is 13.3. The lowest BCUT2D eigenvalue weighted by atomic mass is 10.1. The Kier molecular flexibility index (Phi) is 4.62. The number of hydrogen-bond donors (Lipinski definition) is 3. The highest BCUT2D eigenvalue weighted by Crippen LogP contribution is 2.22. The van der Waals surface area contributed by atoms with Crippen molar-refractivity contribution in [3.05, 3.63) is 71.2 Å². The van der Waals surface area contributed by atoms with Crippen LogP contribution in [0.4, 0.5) is 4.39 Å². The number of carbonyl (C=O) groups excluding carboxylic acids is 1. The zero-order chi connectivity index (χ0) is 17.1. The number of aliphatic hydroxyl groups is 1. The smallest absolute Gasteiger partial charge is 0.224 e. The summed E-state index contributed by atoms with van der Waals surface area (Å²) in [5.74, 6) is -0.596. The molecule has 124 valence electrons. The Labute approximate surface area is 139 Å². The fourth-order valence-corrected chi connectivity index (χ4v) is 2.87. The lowest BCUT2D eigenvalue weighted by molar-refractivity contribution is -0.120. The maximum absolute atomic E-state index is 13.2. The van der Waals surface area contributed by atoms with Crippen LogP contribution in [0.25, 0.3) is 10.9 Å². The second-order valence-corrected chi connectivity index (χ2v) is 5.86.